The lowest BCUT2D eigenvalue weighted by Gasteiger charge is -2.16. The second kappa shape index (κ2) is 9.01. The van der Waals surface area contributed by atoms with Gasteiger partial charge in [-0.05, 0) is 30.3 Å². The van der Waals surface area contributed by atoms with Gasteiger partial charge in [0.05, 0.1) is 17.7 Å². The maximum absolute atomic E-state index is 12.5. The molecule has 2 amide bonds. The molecule has 10 heteroatoms. The number of pyridine rings is 1. The van der Waals surface area contributed by atoms with Crippen molar-refractivity contribution in [1.82, 2.24) is 14.7 Å². The minimum Gasteiger partial charge on any atom is -0.326 e. The number of carbonyl (C=O) groups is 2. The average Bonchev–Trinajstić information content (AvgIpc) is 2.62. The summed E-state index contributed by atoms with van der Waals surface area (Å²) in [6.07, 6.45) is 4.58. The average molecular weight is 389 g/mol. The summed E-state index contributed by atoms with van der Waals surface area (Å²) in [7, 11) is -2.57. The molecule has 0 bridgehead atoms. The molecule has 0 saturated heterocycles. The number of hydrogen-bond donors (Lipinski definition) is 2. The number of rotatable bonds is 7. The van der Waals surface area contributed by atoms with Crippen molar-refractivity contribution in [3.05, 3.63) is 54.4 Å². The van der Waals surface area contributed by atoms with Crippen molar-refractivity contribution in [3.8, 4) is 0 Å². The van der Waals surface area contributed by atoms with Gasteiger partial charge in [0.15, 0.2) is 0 Å². The Balaban J connectivity index is 1.96. The summed E-state index contributed by atoms with van der Waals surface area (Å²) in [5, 5.41) is 6.31. The number of sulfonamides is 1. The van der Waals surface area contributed by atoms with Crippen LogP contribution in [0.15, 0.2) is 58.8 Å². The minimum atomic E-state index is -3.86. The third-order valence-corrected chi connectivity index (χ3v) is 5.15. The summed E-state index contributed by atoms with van der Waals surface area (Å²) in [4.78, 5) is 26.8. The lowest BCUT2D eigenvalue weighted by Crippen LogP contribution is -2.36. The molecule has 142 valence electrons. The first-order valence-electron chi connectivity index (χ1n) is 7.85. The summed E-state index contributed by atoms with van der Waals surface area (Å²) in [5.41, 5.74) is 3.44. The highest BCUT2D eigenvalue weighted by atomic mass is 32.2. The zero-order valence-corrected chi connectivity index (χ0v) is 15.6. The standard InChI is InChI=1S/C17H19N5O4S/c1-13(23)20-15-5-7-16(8-6-15)27(25,26)22(2)12-17(24)21-19-11-14-4-3-9-18-10-14/h3-11H,12H2,1-2H3,(H,20,23)(H,21,24)/b19-11+. The van der Waals surface area contributed by atoms with Gasteiger partial charge in [-0.3, -0.25) is 14.6 Å². The molecule has 1 aromatic heterocycles. The van der Waals surface area contributed by atoms with Crippen LogP contribution >= 0.6 is 0 Å². The maximum Gasteiger partial charge on any atom is 0.255 e. The van der Waals surface area contributed by atoms with Crippen LogP contribution in [-0.2, 0) is 19.6 Å². The van der Waals surface area contributed by atoms with Gasteiger partial charge >= 0.3 is 0 Å². The first-order chi connectivity index (χ1) is 12.8. The van der Waals surface area contributed by atoms with E-state index >= 15 is 0 Å². The number of aromatic nitrogens is 1. The van der Waals surface area contributed by atoms with Crippen LogP contribution in [0, 0.1) is 0 Å². The smallest absolute Gasteiger partial charge is 0.255 e. The molecule has 1 aromatic carbocycles. The second-order valence-electron chi connectivity index (χ2n) is 5.55. The van der Waals surface area contributed by atoms with Crippen molar-refractivity contribution in [2.75, 3.05) is 18.9 Å². The molecular formula is C17H19N5O4S. The Bertz CT molecular complexity index is 928. The van der Waals surface area contributed by atoms with Gasteiger partial charge in [0.2, 0.25) is 15.9 Å². The number of likely N-dealkylation sites (N-methyl/N-ethyl adjacent to an activating group) is 1. The van der Waals surface area contributed by atoms with E-state index in [1.54, 1.807) is 24.5 Å². The van der Waals surface area contributed by atoms with Gasteiger partial charge < -0.3 is 5.32 Å². The molecular weight excluding hydrogens is 370 g/mol. The summed E-state index contributed by atoms with van der Waals surface area (Å²) >= 11 is 0. The topological polar surface area (TPSA) is 121 Å². The van der Waals surface area contributed by atoms with Crippen LogP contribution in [0.1, 0.15) is 12.5 Å². The quantitative estimate of drug-likeness (QED) is 0.536. The van der Waals surface area contributed by atoms with E-state index in [0.29, 0.717) is 11.3 Å². The normalized spacial score (nSPS) is 11.5. The van der Waals surface area contributed by atoms with Crippen LogP contribution in [0.25, 0.3) is 0 Å². The van der Waals surface area contributed by atoms with E-state index in [1.165, 1.54) is 44.5 Å². The summed E-state index contributed by atoms with van der Waals surface area (Å²) in [6.45, 7) is 0.952. The highest BCUT2D eigenvalue weighted by Crippen LogP contribution is 2.17. The Morgan fingerprint density at radius 1 is 1.22 bits per heavy atom. The van der Waals surface area contributed by atoms with E-state index < -0.39 is 22.5 Å². The van der Waals surface area contributed by atoms with Crippen molar-refractivity contribution in [3.63, 3.8) is 0 Å². The Kier molecular flexibility index (Phi) is 6.74. The molecule has 0 aliphatic carbocycles. The molecule has 0 spiro atoms. The molecule has 0 fully saturated rings. The van der Waals surface area contributed by atoms with Crippen molar-refractivity contribution >= 4 is 33.7 Å². The number of nitrogens with zero attached hydrogens (tertiary/aromatic N) is 3. The van der Waals surface area contributed by atoms with E-state index in [1.807, 2.05) is 0 Å². The Labute approximate surface area is 157 Å². The second-order valence-corrected chi connectivity index (χ2v) is 7.59. The first kappa shape index (κ1) is 20.2. The molecule has 1 heterocycles. The SMILES string of the molecule is CC(=O)Nc1ccc(S(=O)(=O)N(C)CC(=O)N/N=C/c2cccnc2)cc1. The molecule has 0 aliphatic heterocycles. The number of hydrogen-bond acceptors (Lipinski definition) is 6. The molecule has 2 N–H and O–H groups in total. The molecule has 2 rings (SSSR count). The van der Waals surface area contributed by atoms with Crippen molar-refractivity contribution < 1.29 is 18.0 Å². The predicted molar refractivity (Wildman–Crippen MR) is 101 cm³/mol. The molecule has 0 aliphatic rings. The monoisotopic (exact) mass is 389 g/mol. The Hall–Kier alpha value is -3.11. The summed E-state index contributed by atoms with van der Waals surface area (Å²) < 4.78 is 25.9. The van der Waals surface area contributed by atoms with E-state index in [2.05, 4.69) is 20.8 Å². The fraction of sp³-hybridized carbons (Fsp3) is 0.176. The molecule has 2 aromatic rings. The predicted octanol–water partition coefficient (Wildman–Crippen LogP) is 0.811. The number of hydrazone groups is 1. The van der Waals surface area contributed by atoms with E-state index in [9.17, 15) is 18.0 Å². The van der Waals surface area contributed by atoms with Crippen LogP contribution in [0.3, 0.4) is 0 Å². The Morgan fingerprint density at radius 3 is 2.52 bits per heavy atom. The fourth-order valence-corrected chi connectivity index (χ4v) is 3.17. The van der Waals surface area contributed by atoms with Crippen LogP contribution < -0.4 is 10.7 Å². The van der Waals surface area contributed by atoms with E-state index in [0.717, 1.165) is 4.31 Å². The summed E-state index contributed by atoms with van der Waals surface area (Å²) in [6, 6.07) is 9.14. The van der Waals surface area contributed by atoms with Gasteiger partial charge in [0, 0.05) is 37.6 Å². The minimum absolute atomic E-state index is 0.00534. The van der Waals surface area contributed by atoms with Gasteiger partial charge in [-0.25, -0.2) is 13.8 Å². The van der Waals surface area contributed by atoms with Crippen LogP contribution in [0.5, 0.6) is 0 Å². The highest BCUT2D eigenvalue weighted by molar-refractivity contribution is 7.89. The van der Waals surface area contributed by atoms with Crippen molar-refractivity contribution in [2.24, 2.45) is 5.10 Å². The fourth-order valence-electron chi connectivity index (χ4n) is 2.05. The van der Waals surface area contributed by atoms with Crippen LogP contribution in [0.4, 0.5) is 5.69 Å². The molecule has 0 saturated carbocycles. The zero-order valence-electron chi connectivity index (χ0n) is 14.8. The van der Waals surface area contributed by atoms with Gasteiger partial charge in [0.25, 0.3) is 5.91 Å². The van der Waals surface area contributed by atoms with Gasteiger partial charge in [-0.2, -0.15) is 9.41 Å². The number of carbonyl (C=O) groups excluding carboxylic acids is 2. The highest BCUT2D eigenvalue weighted by Gasteiger charge is 2.22. The number of anilines is 1. The zero-order chi connectivity index (χ0) is 19.9. The third kappa shape index (κ3) is 5.97. The van der Waals surface area contributed by atoms with Gasteiger partial charge in [-0.1, -0.05) is 6.07 Å². The van der Waals surface area contributed by atoms with Gasteiger partial charge in [-0.15, -0.1) is 0 Å². The van der Waals surface area contributed by atoms with Crippen LogP contribution in [0.2, 0.25) is 0 Å². The van der Waals surface area contributed by atoms with E-state index in [-0.39, 0.29) is 10.8 Å². The molecule has 0 unspecified atom stereocenters. The van der Waals surface area contributed by atoms with E-state index in [4.69, 9.17) is 0 Å². The van der Waals surface area contributed by atoms with Crippen molar-refractivity contribution in [2.45, 2.75) is 11.8 Å². The summed E-state index contributed by atoms with van der Waals surface area (Å²) in [5.74, 6) is -0.845. The van der Waals surface area contributed by atoms with Gasteiger partial charge in [0.1, 0.15) is 0 Å². The molecule has 0 atom stereocenters. The molecule has 9 nitrogen and oxygen atoms in total. The van der Waals surface area contributed by atoms with Crippen LogP contribution in [-0.4, -0.2) is 49.3 Å². The largest absolute Gasteiger partial charge is 0.326 e. The van der Waals surface area contributed by atoms with Crippen molar-refractivity contribution in [1.29, 1.82) is 0 Å². The molecule has 0 radical (unpaired) electrons. The first-order valence-corrected chi connectivity index (χ1v) is 9.29. The Morgan fingerprint density at radius 2 is 1.93 bits per heavy atom. The number of benzene rings is 1. The maximum atomic E-state index is 12.5. The lowest BCUT2D eigenvalue weighted by atomic mass is 10.3. The lowest BCUT2D eigenvalue weighted by molar-refractivity contribution is -0.121. The third-order valence-electron chi connectivity index (χ3n) is 3.34. The number of amides is 2. The molecule has 27 heavy (non-hydrogen) atoms. The number of nitrogens with one attached hydrogen (secondary N) is 2.